The van der Waals surface area contributed by atoms with Crippen LogP contribution in [-0.2, 0) is 10.0 Å². The van der Waals surface area contributed by atoms with Gasteiger partial charge in [-0.25, -0.2) is 8.42 Å². The van der Waals surface area contributed by atoms with E-state index in [9.17, 15) is 13.2 Å². The van der Waals surface area contributed by atoms with Crippen molar-refractivity contribution in [1.29, 1.82) is 0 Å². The first-order chi connectivity index (χ1) is 11.3. The van der Waals surface area contributed by atoms with Crippen molar-refractivity contribution < 1.29 is 22.7 Å². The maximum atomic E-state index is 12.6. The number of Topliss-reactive ketones (excluding diaryl/α,β-unsaturated/α-hetero) is 1. The summed E-state index contributed by atoms with van der Waals surface area (Å²) >= 11 is 0. The molecule has 0 heterocycles. The van der Waals surface area contributed by atoms with E-state index in [0.29, 0.717) is 28.3 Å². The third-order valence-electron chi connectivity index (χ3n) is 3.58. The van der Waals surface area contributed by atoms with Crippen LogP contribution in [0.5, 0.6) is 11.5 Å². The lowest BCUT2D eigenvalue weighted by Crippen LogP contribution is -2.14. The molecule has 0 amide bonds. The number of benzene rings is 2. The first-order valence-corrected chi connectivity index (χ1v) is 8.64. The third kappa shape index (κ3) is 3.51. The van der Waals surface area contributed by atoms with Crippen LogP contribution in [0.1, 0.15) is 22.8 Å². The predicted octanol–water partition coefficient (Wildman–Crippen LogP) is 3.02. The zero-order valence-electron chi connectivity index (χ0n) is 13.9. The molecule has 24 heavy (non-hydrogen) atoms. The minimum atomic E-state index is -3.86. The van der Waals surface area contributed by atoms with Crippen LogP contribution in [0.4, 0.5) is 5.69 Å². The number of hydrogen-bond acceptors (Lipinski definition) is 5. The van der Waals surface area contributed by atoms with Crippen LogP contribution >= 0.6 is 0 Å². The molecule has 6 nitrogen and oxygen atoms in total. The minimum absolute atomic E-state index is 0.00530. The van der Waals surface area contributed by atoms with Crippen molar-refractivity contribution in [1.82, 2.24) is 0 Å². The fourth-order valence-corrected chi connectivity index (χ4v) is 3.43. The van der Waals surface area contributed by atoms with Gasteiger partial charge in [0.1, 0.15) is 11.5 Å². The molecule has 0 unspecified atom stereocenters. The molecule has 0 spiro atoms. The van der Waals surface area contributed by atoms with E-state index in [-0.39, 0.29) is 10.7 Å². The molecule has 1 N–H and O–H groups in total. The van der Waals surface area contributed by atoms with E-state index in [1.54, 1.807) is 25.1 Å². The lowest BCUT2D eigenvalue weighted by atomic mass is 10.1. The highest BCUT2D eigenvalue weighted by molar-refractivity contribution is 7.92. The molecule has 0 bridgehead atoms. The molecule has 0 saturated heterocycles. The van der Waals surface area contributed by atoms with Crippen molar-refractivity contribution in [2.45, 2.75) is 18.7 Å². The molecule has 0 fully saturated rings. The summed E-state index contributed by atoms with van der Waals surface area (Å²) in [6, 6.07) is 9.09. The highest BCUT2D eigenvalue weighted by atomic mass is 32.2. The van der Waals surface area contributed by atoms with E-state index in [0.717, 1.165) is 0 Å². The first-order valence-electron chi connectivity index (χ1n) is 7.15. The Morgan fingerprint density at radius 3 is 2.38 bits per heavy atom. The molecule has 0 aliphatic rings. The number of nitrogens with one attached hydrogen (secondary N) is 1. The first kappa shape index (κ1) is 17.8. The molecule has 0 saturated carbocycles. The summed E-state index contributed by atoms with van der Waals surface area (Å²) in [5.74, 6) is 0.763. The van der Waals surface area contributed by atoms with Gasteiger partial charge < -0.3 is 9.47 Å². The Kier molecular flexibility index (Phi) is 5.14. The van der Waals surface area contributed by atoms with Crippen LogP contribution in [0.2, 0.25) is 0 Å². The van der Waals surface area contributed by atoms with Gasteiger partial charge in [0.15, 0.2) is 5.78 Å². The average Bonchev–Trinajstić information content (AvgIpc) is 2.55. The van der Waals surface area contributed by atoms with Gasteiger partial charge in [0, 0.05) is 11.1 Å². The quantitative estimate of drug-likeness (QED) is 0.811. The van der Waals surface area contributed by atoms with Crippen LogP contribution in [0.3, 0.4) is 0 Å². The van der Waals surface area contributed by atoms with E-state index < -0.39 is 10.0 Å². The zero-order chi connectivity index (χ0) is 17.9. The molecule has 0 aliphatic heterocycles. The number of hydrogen-bond donors (Lipinski definition) is 1. The van der Waals surface area contributed by atoms with E-state index in [2.05, 4.69) is 4.72 Å². The lowest BCUT2D eigenvalue weighted by Gasteiger charge is -2.16. The highest BCUT2D eigenvalue weighted by Gasteiger charge is 2.19. The number of ketones is 1. The molecule has 0 aromatic heterocycles. The van der Waals surface area contributed by atoms with Gasteiger partial charge in [0.25, 0.3) is 10.0 Å². The zero-order valence-corrected chi connectivity index (χ0v) is 14.7. The molecule has 7 heteroatoms. The summed E-state index contributed by atoms with van der Waals surface area (Å²) < 4.78 is 38.2. The van der Waals surface area contributed by atoms with Crippen LogP contribution < -0.4 is 14.2 Å². The van der Waals surface area contributed by atoms with Gasteiger partial charge in [0.05, 0.1) is 24.8 Å². The number of sulfonamides is 1. The van der Waals surface area contributed by atoms with Gasteiger partial charge in [-0.05, 0) is 38.1 Å². The largest absolute Gasteiger partial charge is 0.496 e. The molecule has 0 atom stereocenters. The van der Waals surface area contributed by atoms with Gasteiger partial charge in [0.2, 0.25) is 0 Å². The summed E-state index contributed by atoms with van der Waals surface area (Å²) in [6.07, 6.45) is 0. The van der Waals surface area contributed by atoms with Crippen molar-refractivity contribution in [3.63, 3.8) is 0 Å². The smallest absolute Gasteiger partial charge is 0.262 e. The molecular formula is C17H19NO5S. The van der Waals surface area contributed by atoms with Crippen molar-refractivity contribution in [2.24, 2.45) is 0 Å². The molecule has 2 aromatic rings. The number of ether oxygens (including phenoxy) is 2. The van der Waals surface area contributed by atoms with E-state index in [4.69, 9.17) is 9.47 Å². The Hall–Kier alpha value is -2.54. The highest BCUT2D eigenvalue weighted by Crippen LogP contribution is 2.36. The van der Waals surface area contributed by atoms with Gasteiger partial charge >= 0.3 is 0 Å². The van der Waals surface area contributed by atoms with Crippen molar-refractivity contribution in [3.8, 4) is 11.5 Å². The minimum Gasteiger partial charge on any atom is -0.496 e. The number of anilines is 1. The second-order valence-corrected chi connectivity index (χ2v) is 6.85. The maximum absolute atomic E-state index is 12.6. The van der Waals surface area contributed by atoms with Gasteiger partial charge in [-0.15, -0.1) is 0 Å². The van der Waals surface area contributed by atoms with E-state index in [1.807, 2.05) is 0 Å². The number of rotatable bonds is 6. The second kappa shape index (κ2) is 6.92. The Bertz CT molecular complexity index is 875. The Morgan fingerprint density at radius 2 is 1.79 bits per heavy atom. The monoisotopic (exact) mass is 349 g/mol. The second-order valence-electron chi connectivity index (χ2n) is 5.16. The average molecular weight is 349 g/mol. The molecule has 0 radical (unpaired) electrons. The molecule has 0 aliphatic carbocycles. The summed E-state index contributed by atoms with van der Waals surface area (Å²) in [5, 5.41) is 0. The third-order valence-corrected chi connectivity index (χ3v) is 4.94. The van der Waals surface area contributed by atoms with E-state index >= 15 is 0 Å². The Balaban J connectivity index is 2.45. The summed E-state index contributed by atoms with van der Waals surface area (Å²) in [4.78, 5) is 11.5. The number of methoxy groups -OCH3 is 2. The molecule has 128 valence electrons. The fraction of sp³-hybridized carbons (Fsp3) is 0.235. The molecular weight excluding hydrogens is 330 g/mol. The topological polar surface area (TPSA) is 81.7 Å². The van der Waals surface area contributed by atoms with E-state index in [1.165, 1.54) is 39.3 Å². The number of carbonyl (C=O) groups is 1. The van der Waals surface area contributed by atoms with Gasteiger partial charge in [-0.1, -0.05) is 12.1 Å². The Labute approximate surface area is 141 Å². The Morgan fingerprint density at radius 1 is 1.08 bits per heavy atom. The van der Waals surface area contributed by atoms with Crippen LogP contribution in [0.15, 0.2) is 41.3 Å². The SMILES string of the molecule is COc1ccc(NS(=O)(=O)c2cccc(C(C)=O)c2)c(OC)c1C. The molecule has 2 rings (SSSR count). The molecule has 2 aromatic carbocycles. The van der Waals surface area contributed by atoms with Gasteiger partial charge in [-0.2, -0.15) is 0 Å². The van der Waals surface area contributed by atoms with Crippen LogP contribution in [0, 0.1) is 6.92 Å². The summed E-state index contributed by atoms with van der Waals surface area (Å²) in [5.41, 5.74) is 1.30. The van der Waals surface area contributed by atoms with Crippen molar-refractivity contribution in [3.05, 3.63) is 47.5 Å². The van der Waals surface area contributed by atoms with Gasteiger partial charge in [-0.3, -0.25) is 9.52 Å². The number of carbonyl (C=O) groups excluding carboxylic acids is 1. The summed E-state index contributed by atoms with van der Waals surface area (Å²) in [6.45, 7) is 3.15. The van der Waals surface area contributed by atoms with Crippen LogP contribution in [0.25, 0.3) is 0 Å². The van der Waals surface area contributed by atoms with Crippen LogP contribution in [-0.4, -0.2) is 28.4 Å². The normalized spacial score (nSPS) is 11.0. The predicted molar refractivity (Wildman–Crippen MR) is 91.5 cm³/mol. The summed E-state index contributed by atoms with van der Waals surface area (Å²) in [7, 11) is -0.880. The standard InChI is InChI=1S/C17H19NO5S/c1-11-16(22-3)9-8-15(17(11)23-4)18-24(20,21)14-7-5-6-13(10-14)12(2)19/h5-10,18H,1-4H3. The lowest BCUT2D eigenvalue weighted by molar-refractivity contribution is 0.101. The van der Waals surface area contributed by atoms with Crippen molar-refractivity contribution in [2.75, 3.05) is 18.9 Å². The fourth-order valence-electron chi connectivity index (χ4n) is 2.32. The van der Waals surface area contributed by atoms with Crippen molar-refractivity contribution >= 4 is 21.5 Å². The maximum Gasteiger partial charge on any atom is 0.262 e.